The topological polar surface area (TPSA) is 54.4 Å². The average Bonchev–Trinajstić information content (AvgIpc) is 2.52. The van der Waals surface area contributed by atoms with Crippen LogP contribution in [0.5, 0.6) is 0 Å². The number of thioether (sulfide) groups is 1. The zero-order valence-electron chi connectivity index (χ0n) is 12.2. The summed E-state index contributed by atoms with van der Waals surface area (Å²) in [5, 5.41) is 8.51. The van der Waals surface area contributed by atoms with Crippen molar-refractivity contribution in [2.45, 2.75) is 17.6 Å². The van der Waals surface area contributed by atoms with Crippen LogP contribution in [0.4, 0.5) is 0 Å². The van der Waals surface area contributed by atoms with Crippen LogP contribution in [0.3, 0.4) is 0 Å². The van der Waals surface area contributed by atoms with Gasteiger partial charge in [0.1, 0.15) is 0 Å². The lowest BCUT2D eigenvalue weighted by Gasteiger charge is -2.05. The lowest BCUT2D eigenvalue weighted by molar-refractivity contribution is -0.131. The van der Waals surface area contributed by atoms with E-state index >= 15 is 0 Å². The summed E-state index contributed by atoms with van der Waals surface area (Å²) in [6.45, 7) is 2.09. The monoisotopic (exact) mass is 312 g/mol. The van der Waals surface area contributed by atoms with Gasteiger partial charge in [-0.05, 0) is 48.4 Å². The summed E-state index contributed by atoms with van der Waals surface area (Å²) < 4.78 is 0. The molecule has 0 saturated heterocycles. The summed E-state index contributed by atoms with van der Waals surface area (Å²) in [6, 6.07) is 15.4. The van der Waals surface area contributed by atoms with Crippen molar-refractivity contribution in [3.63, 3.8) is 0 Å². The van der Waals surface area contributed by atoms with Gasteiger partial charge in [0, 0.05) is 22.3 Å². The highest BCUT2D eigenvalue weighted by Crippen LogP contribution is 2.24. The van der Waals surface area contributed by atoms with Crippen molar-refractivity contribution in [2.24, 2.45) is 0 Å². The van der Waals surface area contributed by atoms with Crippen molar-refractivity contribution in [1.82, 2.24) is 0 Å². The average molecular weight is 312 g/mol. The van der Waals surface area contributed by atoms with Gasteiger partial charge < -0.3 is 5.11 Å². The van der Waals surface area contributed by atoms with Crippen molar-refractivity contribution in [2.75, 3.05) is 0 Å². The van der Waals surface area contributed by atoms with Gasteiger partial charge in [-0.25, -0.2) is 4.79 Å². The molecule has 0 bridgehead atoms. The molecule has 0 aliphatic carbocycles. The second-order valence-electron chi connectivity index (χ2n) is 4.78. The number of hydrogen-bond donors (Lipinski definition) is 1. The van der Waals surface area contributed by atoms with Crippen LogP contribution in [0.1, 0.15) is 21.5 Å². The quantitative estimate of drug-likeness (QED) is 0.495. The Balaban J connectivity index is 1.99. The van der Waals surface area contributed by atoms with Gasteiger partial charge in [0.05, 0.1) is 0 Å². The Kier molecular flexibility index (Phi) is 5.55. The van der Waals surface area contributed by atoms with Gasteiger partial charge in [0.25, 0.3) is 0 Å². The first-order valence-corrected chi connectivity index (χ1v) is 7.77. The highest BCUT2D eigenvalue weighted by molar-refractivity contribution is 7.98. The molecule has 0 amide bonds. The molecule has 0 unspecified atom stereocenters. The van der Waals surface area contributed by atoms with E-state index < -0.39 is 5.97 Å². The first-order valence-electron chi connectivity index (χ1n) is 6.79. The number of benzene rings is 2. The lowest BCUT2D eigenvalue weighted by atomic mass is 10.1. The highest BCUT2D eigenvalue weighted by atomic mass is 32.2. The Morgan fingerprint density at radius 1 is 1.05 bits per heavy atom. The van der Waals surface area contributed by atoms with Crippen molar-refractivity contribution in [1.29, 1.82) is 0 Å². The second-order valence-corrected chi connectivity index (χ2v) is 5.82. The van der Waals surface area contributed by atoms with Gasteiger partial charge in [-0.3, -0.25) is 4.79 Å². The third-order valence-corrected chi connectivity index (χ3v) is 4.23. The van der Waals surface area contributed by atoms with E-state index in [4.69, 9.17) is 5.11 Å². The summed E-state index contributed by atoms with van der Waals surface area (Å²) in [5.74, 6) is -0.560. The molecule has 0 saturated carbocycles. The van der Waals surface area contributed by atoms with E-state index in [9.17, 15) is 9.59 Å². The Morgan fingerprint density at radius 3 is 2.36 bits per heavy atom. The fraction of sp³-hybridized carbons (Fsp3) is 0.111. The Bertz CT molecular complexity index is 703. The van der Waals surface area contributed by atoms with Crippen molar-refractivity contribution < 1.29 is 14.7 Å². The zero-order chi connectivity index (χ0) is 15.9. The molecule has 22 heavy (non-hydrogen) atoms. The summed E-state index contributed by atoms with van der Waals surface area (Å²) in [4.78, 5) is 23.2. The minimum atomic E-state index is -1.13. The number of aliphatic carboxylic acids is 1. The third kappa shape index (κ3) is 4.60. The molecule has 2 aromatic carbocycles. The second kappa shape index (κ2) is 7.61. The fourth-order valence-corrected chi connectivity index (χ4v) is 2.87. The molecule has 0 fully saturated rings. The van der Waals surface area contributed by atoms with Gasteiger partial charge in [-0.15, -0.1) is 11.8 Å². The molecule has 2 aromatic rings. The van der Waals surface area contributed by atoms with Crippen molar-refractivity contribution in [3.05, 3.63) is 77.4 Å². The number of carbonyl (C=O) groups is 2. The maximum atomic E-state index is 11.7. The molecular formula is C18H16O3S. The molecular weight excluding hydrogens is 296 g/mol. The molecule has 0 atom stereocenters. The summed E-state index contributed by atoms with van der Waals surface area (Å²) in [6.07, 6.45) is 1.92. The normalized spacial score (nSPS) is 10.8. The van der Waals surface area contributed by atoms with Crippen LogP contribution >= 0.6 is 11.8 Å². The number of ketones is 1. The number of allylic oxidation sites excluding steroid dienone is 1. The Morgan fingerprint density at radius 2 is 1.73 bits per heavy atom. The Labute approximate surface area is 133 Å². The molecule has 0 aliphatic rings. The number of carboxylic acid groups (broad SMARTS) is 1. The number of rotatable bonds is 6. The third-order valence-electron chi connectivity index (χ3n) is 3.17. The Hall–Kier alpha value is -2.33. The van der Waals surface area contributed by atoms with E-state index in [1.54, 1.807) is 23.9 Å². The predicted molar refractivity (Wildman–Crippen MR) is 88.3 cm³/mol. The minimum Gasteiger partial charge on any atom is -0.478 e. The first-order chi connectivity index (χ1) is 10.6. The van der Waals surface area contributed by atoms with Crippen molar-refractivity contribution in [3.8, 4) is 0 Å². The molecule has 0 aromatic heterocycles. The van der Waals surface area contributed by atoms with Crippen LogP contribution in [0, 0.1) is 6.92 Å². The minimum absolute atomic E-state index is 0.308. The van der Waals surface area contributed by atoms with Crippen LogP contribution < -0.4 is 0 Å². The summed E-state index contributed by atoms with van der Waals surface area (Å²) in [5.41, 5.74) is 3.04. The van der Waals surface area contributed by atoms with E-state index in [2.05, 4.69) is 19.1 Å². The van der Waals surface area contributed by atoms with Crippen LogP contribution in [0.25, 0.3) is 0 Å². The molecule has 0 spiro atoms. The van der Waals surface area contributed by atoms with Crippen LogP contribution in [-0.2, 0) is 10.5 Å². The molecule has 112 valence electrons. The maximum absolute atomic E-state index is 11.7. The van der Waals surface area contributed by atoms with E-state index in [-0.39, 0.29) is 5.78 Å². The SMILES string of the molecule is Cc1ccccc1CSc1ccc(C(=O)/C=C/C(=O)O)cc1. The molecule has 2 rings (SSSR count). The van der Waals surface area contributed by atoms with Crippen LogP contribution in [-0.4, -0.2) is 16.9 Å². The first kappa shape index (κ1) is 16.0. The molecule has 3 nitrogen and oxygen atoms in total. The summed E-state index contributed by atoms with van der Waals surface area (Å²) >= 11 is 1.70. The maximum Gasteiger partial charge on any atom is 0.328 e. The van der Waals surface area contributed by atoms with E-state index in [0.29, 0.717) is 5.56 Å². The van der Waals surface area contributed by atoms with Gasteiger partial charge in [0.15, 0.2) is 5.78 Å². The summed E-state index contributed by atoms with van der Waals surface area (Å²) in [7, 11) is 0. The highest BCUT2D eigenvalue weighted by Gasteiger charge is 2.04. The molecule has 1 N–H and O–H groups in total. The molecule has 0 radical (unpaired) electrons. The largest absolute Gasteiger partial charge is 0.478 e. The van der Waals surface area contributed by atoms with Gasteiger partial charge >= 0.3 is 5.97 Å². The number of aryl methyl sites for hydroxylation is 1. The fourth-order valence-electron chi connectivity index (χ4n) is 1.89. The van der Waals surface area contributed by atoms with Gasteiger partial charge in [0.2, 0.25) is 0 Å². The van der Waals surface area contributed by atoms with Gasteiger partial charge in [-0.2, -0.15) is 0 Å². The molecule has 0 aliphatic heterocycles. The van der Waals surface area contributed by atoms with Crippen molar-refractivity contribution >= 4 is 23.5 Å². The standard InChI is InChI=1S/C18H16O3S/c1-13-4-2-3-5-15(13)12-22-16-8-6-14(7-9-16)17(19)10-11-18(20)21/h2-11H,12H2,1H3,(H,20,21)/b11-10+. The van der Waals surface area contributed by atoms with Crippen LogP contribution in [0.2, 0.25) is 0 Å². The predicted octanol–water partition coefficient (Wildman–Crippen LogP) is 4.11. The number of carbonyl (C=O) groups excluding carboxylic acids is 1. The van der Waals surface area contributed by atoms with Gasteiger partial charge in [-0.1, -0.05) is 24.3 Å². The lowest BCUT2D eigenvalue weighted by Crippen LogP contribution is -1.96. The van der Waals surface area contributed by atoms with Crippen LogP contribution in [0.15, 0.2) is 65.6 Å². The number of hydrogen-bond acceptors (Lipinski definition) is 3. The van der Waals surface area contributed by atoms with E-state index in [0.717, 1.165) is 22.8 Å². The molecule has 4 heteroatoms. The van der Waals surface area contributed by atoms with E-state index in [1.165, 1.54) is 11.1 Å². The number of carboxylic acids is 1. The smallest absolute Gasteiger partial charge is 0.328 e. The zero-order valence-corrected chi connectivity index (χ0v) is 13.0. The molecule has 0 heterocycles. The van der Waals surface area contributed by atoms with E-state index in [1.807, 2.05) is 24.3 Å².